The summed E-state index contributed by atoms with van der Waals surface area (Å²) >= 11 is 0. The van der Waals surface area contributed by atoms with Crippen LogP contribution in [-0.2, 0) is 9.53 Å². The Balaban J connectivity index is 1.06. The molecular weight excluding hydrogens is 550 g/mol. The Morgan fingerprint density at radius 3 is 1.50 bits per heavy atom. The lowest BCUT2D eigenvalue weighted by Crippen LogP contribution is -2.17. The standard InChI is InChI=1S/C36H45N5O3/c1-2-36(42)44-29-13-9-7-5-3-4-6-8-12-28-43-35-24-20-33(21-25-35)40-38-31-16-14-30(15-17-31)37-39-32-18-22-34(23-19-32)41-26-10-11-27-41/h2,14-25H,1,3-13,26-29H2. The van der Waals surface area contributed by atoms with E-state index in [1.807, 2.05) is 60.7 Å². The van der Waals surface area contributed by atoms with Gasteiger partial charge in [-0.2, -0.15) is 20.5 Å². The zero-order chi connectivity index (χ0) is 30.7. The van der Waals surface area contributed by atoms with Crippen molar-refractivity contribution in [2.75, 3.05) is 31.2 Å². The highest BCUT2D eigenvalue weighted by atomic mass is 16.5. The molecule has 232 valence electrons. The molecule has 0 aliphatic carbocycles. The van der Waals surface area contributed by atoms with Crippen LogP contribution in [0, 0.1) is 0 Å². The van der Waals surface area contributed by atoms with Crippen molar-refractivity contribution in [1.29, 1.82) is 0 Å². The Morgan fingerprint density at radius 2 is 1.02 bits per heavy atom. The quantitative estimate of drug-likeness (QED) is 0.0597. The molecule has 1 fully saturated rings. The van der Waals surface area contributed by atoms with Crippen molar-refractivity contribution in [3.05, 3.63) is 85.5 Å². The monoisotopic (exact) mass is 595 g/mol. The molecular formula is C36H45N5O3. The van der Waals surface area contributed by atoms with E-state index in [-0.39, 0.29) is 5.97 Å². The van der Waals surface area contributed by atoms with Gasteiger partial charge in [0.05, 0.1) is 36.0 Å². The second kappa shape index (κ2) is 19.1. The number of carbonyl (C=O) groups excluding carboxylic acids is 1. The largest absolute Gasteiger partial charge is 0.494 e. The zero-order valence-corrected chi connectivity index (χ0v) is 25.8. The topological polar surface area (TPSA) is 88.2 Å². The molecule has 0 bridgehead atoms. The van der Waals surface area contributed by atoms with E-state index >= 15 is 0 Å². The summed E-state index contributed by atoms with van der Waals surface area (Å²) in [6.45, 7) is 6.88. The molecule has 3 aromatic carbocycles. The maximum atomic E-state index is 11.0. The van der Waals surface area contributed by atoms with Gasteiger partial charge in [0.25, 0.3) is 0 Å². The number of anilines is 1. The van der Waals surface area contributed by atoms with Gasteiger partial charge in [-0.1, -0.05) is 51.5 Å². The summed E-state index contributed by atoms with van der Waals surface area (Å²) in [4.78, 5) is 13.4. The molecule has 0 unspecified atom stereocenters. The van der Waals surface area contributed by atoms with Gasteiger partial charge in [0.15, 0.2) is 0 Å². The van der Waals surface area contributed by atoms with Gasteiger partial charge in [-0.15, -0.1) is 0 Å². The first-order valence-corrected chi connectivity index (χ1v) is 16.0. The molecule has 0 amide bonds. The number of benzene rings is 3. The third kappa shape index (κ3) is 12.1. The highest BCUT2D eigenvalue weighted by molar-refractivity contribution is 5.81. The van der Waals surface area contributed by atoms with Crippen LogP contribution in [-0.4, -0.2) is 32.3 Å². The normalized spacial score (nSPS) is 13.1. The van der Waals surface area contributed by atoms with Gasteiger partial charge in [0, 0.05) is 24.9 Å². The van der Waals surface area contributed by atoms with Gasteiger partial charge in [-0.25, -0.2) is 4.79 Å². The van der Waals surface area contributed by atoms with Crippen LogP contribution in [0.25, 0.3) is 0 Å². The average molecular weight is 596 g/mol. The second-order valence-corrected chi connectivity index (χ2v) is 11.0. The lowest BCUT2D eigenvalue weighted by Gasteiger charge is -2.17. The Morgan fingerprint density at radius 1 is 0.614 bits per heavy atom. The SMILES string of the molecule is C=CC(=O)OCCCCCCCCCCCOc1ccc(N=Nc2ccc(N=Nc3ccc(N4CCCC4)cc3)cc2)cc1. The molecule has 1 aliphatic heterocycles. The van der Waals surface area contributed by atoms with Crippen molar-refractivity contribution in [3.63, 3.8) is 0 Å². The molecule has 1 saturated heterocycles. The van der Waals surface area contributed by atoms with Crippen LogP contribution in [0.3, 0.4) is 0 Å². The molecule has 4 rings (SSSR count). The Bertz CT molecular complexity index is 1320. The zero-order valence-electron chi connectivity index (χ0n) is 25.8. The lowest BCUT2D eigenvalue weighted by atomic mass is 10.1. The number of nitrogens with zero attached hydrogens (tertiary/aromatic N) is 5. The number of carbonyl (C=O) groups is 1. The van der Waals surface area contributed by atoms with Crippen molar-refractivity contribution in [3.8, 4) is 5.75 Å². The number of hydrogen-bond acceptors (Lipinski definition) is 8. The Kier molecular flexibility index (Phi) is 14.1. The van der Waals surface area contributed by atoms with Crippen LogP contribution in [0.1, 0.15) is 70.6 Å². The second-order valence-electron chi connectivity index (χ2n) is 11.0. The number of rotatable bonds is 19. The maximum Gasteiger partial charge on any atom is 0.330 e. The van der Waals surface area contributed by atoms with Gasteiger partial charge in [-0.3, -0.25) is 0 Å². The number of azo groups is 2. The predicted octanol–water partition coefficient (Wildman–Crippen LogP) is 10.7. The van der Waals surface area contributed by atoms with Gasteiger partial charge in [-0.05, 0) is 98.5 Å². The maximum absolute atomic E-state index is 11.0. The van der Waals surface area contributed by atoms with Gasteiger partial charge >= 0.3 is 5.97 Å². The molecule has 3 aromatic rings. The summed E-state index contributed by atoms with van der Waals surface area (Å²) in [5, 5.41) is 17.4. The smallest absolute Gasteiger partial charge is 0.330 e. The van der Waals surface area contributed by atoms with E-state index in [0.29, 0.717) is 6.61 Å². The number of esters is 1. The first-order chi connectivity index (χ1) is 21.7. The predicted molar refractivity (Wildman–Crippen MR) is 177 cm³/mol. The summed E-state index contributed by atoms with van der Waals surface area (Å²) < 4.78 is 10.9. The fourth-order valence-corrected chi connectivity index (χ4v) is 4.99. The highest BCUT2D eigenvalue weighted by Gasteiger charge is 2.11. The molecule has 8 nitrogen and oxygen atoms in total. The molecule has 0 saturated carbocycles. The van der Waals surface area contributed by atoms with Crippen molar-refractivity contribution in [1.82, 2.24) is 0 Å². The molecule has 0 radical (unpaired) electrons. The summed E-state index contributed by atoms with van der Waals surface area (Å²) in [5.41, 5.74) is 4.39. The van der Waals surface area contributed by atoms with E-state index in [2.05, 4.69) is 44.1 Å². The van der Waals surface area contributed by atoms with Crippen LogP contribution in [0.5, 0.6) is 5.75 Å². The van der Waals surface area contributed by atoms with E-state index in [1.54, 1.807) is 0 Å². The van der Waals surface area contributed by atoms with Gasteiger partial charge in [0.2, 0.25) is 0 Å². The summed E-state index contributed by atoms with van der Waals surface area (Å²) in [5.74, 6) is 0.518. The molecule has 1 aliphatic rings. The molecule has 8 heteroatoms. The van der Waals surface area contributed by atoms with Gasteiger partial charge in [0.1, 0.15) is 5.75 Å². The number of unbranched alkanes of at least 4 members (excludes halogenated alkanes) is 8. The molecule has 0 N–H and O–H groups in total. The van der Waals surface area contributed by atoms with E-state index < -0.39 is 0 Å². The van der Waals surface area contributed by atoms with Crippen molar-refractivity contribution >= 4 is 34.4 Å². The Hall–Kier alpha value is -4.33. The third-order valence-electron chi connectivity index (χ3n) is 7.54. The first kappa shape index (κ1) is 32.6. The minimum absolute atomic E-state index is 0.332. The Labute approximate surface area is 261 Å². The van der Waals surface area contributed by atoms with Crippen molar-refractivity contribution in [2.45, 2.75) is 70.6 Å². The molecule has 0 atom stereocenters. The van der Waals surface area contributed by atoms with Crippen LogP contribution in [0.15, 0.2) is 106 Å². The summed E-state index contributed by atoms with van der Waals surface area (Å²) in [6.07, 6.45) is 14.2. The van der Waals surface area contributed by atoms with Crippen LogP contribution < -0.4 is 9.64 Å². The molecule has 1 heterocycles. The summed E-state index contributed by atoms with van der Waals surface area (Å²) in [6, 6.07) is 23.5. The number of ether oxygens (including phenoxy) is 2. The van der Waals surface area contributed by atoms with E-state index in [1.165, 1.54) is 63.1 Å². The van der Waals surface area contributed by atoms with E-state index in [4.69, 9.17) is 9.47 Å². The minimum Gasteiger partial charge on any atom is -0.494 e. The molecule has 44 heavy (non-hydrogen) atoms. The van der Waals surface area contributed by atoms with Crippen LogP contribution in [0.4, 0.5) is 28.4 Å². The third-order valence-corrected chi connectivity index (χ3v) is 7.54. The molecule has 0 spiro atoms. The molecule has 0 aromatic heterocycles. The van der Waals surface area contributed by atoms with Crippen LogP contribution >= 0.6 is 0 Å². The van der Waals surface area contributed by atoms with Crippen molar-refractivity contribution < 1.29 is 14.3 Å². The summed E-state index contributed by atoms with van der Waals surface area (Å²) in [7, 11) is 0. The lowest BCUT2D eigenvalue weighted by molar-refractivity contribution is -0.137. The minimum atomic E-state index is -0.332. The van der Waals surface area contributed by atoms with Crippen molar-refractivity contribution in [2.24, 2.45) is 20.5 Å². The van der Waals surface area contributed by atoms with Gasteiger partial charge < -0.3 is 14.4 Å². The van der Waals surface area contributed by atoms with E-state index in [9.17, 15) is 4.79 Å². The first-order valence-electron chi connectivity index (χ1n) is 16.0. The fraction of sp³-hybridized carbons (Fsp3) is 0.417. The highest BCUT2D eigenvalue weighted by Crippen LogP contribution is 2.26. The number of hydrogen-bond donors (Lipinski definition) is 0. The van der Waals surface area contributed by atoms with Crippen LogP contribution in [0.2, 0.25) is 0 Å². The van der Waals surface area contributed by atoms with E-state index in [0.717, 1.165) is 67.5 Å². The fourth-order valence-electron chi connectivity index (χ4n) is 4.99. The average Bonchev–Trinajstić information content (AvgIpc) is 3.61.